The Morgan fingerprint density at radius 1 is 0.958 bits per heavy atom. The zero-order chi connectivity index (χ0) is 17.5. The molecule has 0 spiro atoms. The molecule has 0 fully saturated rings. The number of halogens is 1. The van der Waals surface area contributed by atoms with E-state index >= 15 is 0 Å². The van der Waals surface area contributed by atoms with Crippen LogP contribution in [0.15, 0.2) is 53.0 Å². The molecule has 4 nitrogen and oxygen atoms in total. The predicted octanol–water partition coefficient (Wildman–Crippen LogP) is 5.08. The number of carbonyl (C=O) groups is 2. The Hall–Kier alpha value is -2.14. The maximum absolute atomic E-state index is 12.2. The summed E-state index contributed by atoms with van der Waals surface area (Å²) in [7, 11) is 0. The van der Waals surface area contributed by atoms with Crippen molar-refractivity contribution in [2.45, 2.75) is 26.7 Å². The first-order valence-corrected chi connectivity index (χ1v) is 8.80. The molecular weight excluding hydrogens is 368 g/mol. The second-order valence-corrected chi connectivity index (χ2v) is 6.46. The van der Waals surface area contributed by atoms with E-state index in [1.54, 1.807) is 24.3 Å². The van der Waals surface area contributed by atoms with Crippen LogP contribution in [-0.2, 0) is 4.79 Å². The molecular formula is C19H21BrN2O2. The van der Waals surface area contributed by atoms with Gasteiger partial charge in [0.05, 0.1) is 0 Å². The fourth-order valence-electron chi connectivity index (χ4n) is 2.38. The zero-order valence-corrected chi connectivity index (χ0v) is 15.4. The summed E-state index contributed by atoms with van der Waals surface area (Å²) < 4.78 is 0.903. The lowest BCUT2D eigenvalue weighted by atomic mass is 10.0. The molecule has 2 aromatic rings. The van der Waals surface area contributed by atoms with E-state index in [2.05, 4.69) is 26.6 Å². The second kappa shape index (κ2) is 8.64. The van der Waals surface area contributed by atoms with Crippen molar-refractivity contribution in [3.8, 4) is 0 Å². The lowest BCUT2D eigenvalue weighted by Crippen LogP contribution is -2.21. The summed E-state index contributed by atoms with van der Waals surface area (Å²) in [5, 5.41) is 5.73. The van der Waals surface area contributed by atoms with Gasteiger partial charge in [0.25, 0.3) is 5.91 Å². The molecule has 24 heavy (non-hydrogen) atoms. The van der Waals surface area contributed by atoms with Gasteiger partial charge in [0.2, 0.25) is 5.91 Å². The Bertz CT molecular complexity index is 710. The van der Waals surface area contributed by atoms with Crippen LogP contribution in [0, 0.1) is 5.92 Å². The van der Waals surface area contributed by atoms with Crippen LogP contribution in [-0.4, -0.2) is 11.8 Å². The van der Waals surface area contributed by atoms with E-state index in [1.807, 2.05) is 38.1 Å². The Labute approximate surface area is 150 Å². The topological polar surface area (TPSA) is 58.2 Å². The Kier molecular flexibility index (Phi) is 6.55. The molecule has 0 heterocycles. The summed E-state index contributed by atoms with van der Waals surface area (Å²) in [6.45, 7) is 4.01. The third-order valence-electron chi connectivity index (χ3n) is 3.85. The first-order valence-electron chi connectivity index (χ1n) is 8.01. The van der Waals surface area contributed by atoms with Gasteiger partial charge in [0, 0.05) is 27.3 Å². The van der Waals surface area contributed by atoms with Gasteiger partial charge in [0.15, 0.2) is 0 Å². The molecule has 0 unspecified atom stereocenters. The van der Waals surface area contributed by atoms with Crippen molar-refractivity contribution in [1.82, 2.24) is 0 Å². The first-order chi connectivity index (χ1) is 11.5. The van der Waals surface area contributed by atoms with E-state index in [-0.39, 0.29) is 17.7 Å². The average Bonchev–Trinajstić information content (AvgIpc) is 2.56. The largest absolute Gasteiger partial charge is 0.326 e. The molecule has 0 saturated heterocycles. The Morgan fingerprint density at radius 3 is 2.21 bits per heavy atom. The van der Waals surface area contributed by atoms with E-state index in [0.717, 1.165) is 23.0 Å². The SMILES string of the molecule is CCC(CC)C(=O)Nc1ccc(C(=O)Nc2cccc(Br)c2)cc1. The minimum Gasteiger partial charge on any atom is -0.326 e. The van der Waals surface area contributed by atoms with E-state index < -0.39 is 0 Å². The molecule has 126 valence electrons. The van der Waals surface area contributed by atoms with Gasteiger partial charge in [-0.25, -0.2) is 0 Å². The lowest BCUT2D eigenvalue weighted by molar-refractivity contribution is -0.120. The van der Waals surface area contributed by atoms with E-state index in [1.165, 1.54) is 0 Å². The fraction of sp³-hybridized carbons (Fsp3) is 0.263. The van der Waals surface area contributed by atoms with Crippen molar-refractivity contribution in [1.29, 1.82) is 0 Å². The van der Waals surface area contributed by atoms with Crippen LogP contribution < -0.4 is 10.6 Å². The highest BCUT2D eigenvalue weighted by Gasteiger charge is 2.14. The maximum atomic E-state index is 12.2. The quantitative estimate of drug-likeness (QED) is 0.724. The standard InChI is InChI=1S/C19H21BrN2O2/c1-3-13(4-2)18(23)21-16-10-8-14(9-11-16)19(24)22-17-7-5-6-15(20)12-17/h5-13H,3-4H2,1-2H3,(H,21,23)(H,22,24). The molecule has 0 saturated carbocycles. The highest BCUT2D eigenvalue weighted by Crippen LogP contribution is 2.18. The number of hydrogen-bond donors (Lipinski definition) is 2. The molecule has 2 amide bonds. The number of hydrogen-bond acceptors (Lipinski definition) is 2. The third kappa shape index (κ3) is 4.93. The van der Waals surface area contributed by atoms with Crippen LogP contribution in [0.5, 0.6) is 0 Å². The van der Waals surface area contributed by atoms with E-state index in [0.29, 0.717) is 11.3 Å². The van der Waals surface area contributed by atoms with Gasteiger partial charge in [0.1, 0.15) is 0 Å². The summed E-state index contributed by atoms with van der Waals surface area (Å²) in [6, 6.07) is 14.3. The van der Waals surface area contributed by atoms with Gasteiger partial charge in [-0.2, -0.15) is 0 Å². The van der Waals surface area contributed by atoms with Crippen LogP contribution in [0.1, 0.15) is 37.0 Å². The summed E-state index contributed by atoms with van der Waals surface area (Å²) in [5.41, 5.74) is 1.96. The summed E-state index contributed by atoms with van der Waals surface area (Å²) in [6.07, 6.45) is 1.63. The average molecular weight is 389 g/mol. The maximum Gasteiger partial charge on any atom is 0.255 e. The van der Waals surface area contributed by atoms with Crippen LogP contribution in [0.25, 0.3) is 0 Å². The van der Waals surface area contributed by atoms with Crippen molar-refractivity contribution in [2.24, 2.45) is 5.92 Å². The molecule has 0 aliphatic rings. The monoisotopic (exact) mass is 388 g/mol. The number of benzene rings is 2. The predicted molar refractivity (Wildman–Crippen MR) is 101 cm³/mol. The molecule has 0 aliphatic heterocycles. The number of amides is 2. The normalized spacial score (nSPS) is 10.5. The zero-order valence-electron chi connectivity index (χ0n) is 13.8. The minimum atomic E-state index is -0.189. The van der Waals surface area contributed by atoms with Crippen LogP contribution in [0.2, 0.25) is 0 Å². The molecule has 0 aromatic heterocycles. The van der Waals surface area contributed by atoms with Crippen molar-refractivity contribution in [3.63, 3.8) is 0 Å². The highest BCUT2D eigenvalue weighted by molar-refractivity contribution is 9.10. The molecule has 2 aromatic carbocycles. The van der Waals surface area contributed by atoms with Gasteiger partial charge in [-0.1, -0.05) is 35.8 Å². The second-order valence-electron chi connectivity index (χ2n) is 5.54. The van der Waals surface area contributed by atoms with E-state index in [9.17, 15) is 9.59 Å². The number of nitrogens with one attached hydrogen (secondary N) is 2. The highest BCUT2D eigenvalue weighted by atomic mass is 79.9. The molecule has 0 aliphatic carbocycles. The molecule has 2 N–H and O–H groups in total. The fourth-order valence-corrected chi connectivity index (χ4v) is 2.78. The molecule has 0 atom stereocenters. The first kappa shape index (κ1) is 18.2. The molecule has 0 radical (unpaired) electrons. The third-order valence-corrected chi connectivity index (χ3v) is 4.35. The van der Waals surface area contributed by atoms with Crippen molar-refractivity contribution in [3.05, 3.63) is 58.6 Å². The number of rotatable bonds is 6. The summed E-state index contributed by atoms with van der Waals surface area (Å²) in [4.78, 5) is 24.3. The summed E-state index contributed by atoms with van der Waals surface area (Å²) >= 11 is 3.37. The van der Waals surface area contributed by atoms with Crippen molar-refractivity contribution in [2.75, 3.05) is 10.6 Å². The Morgan fingerprint density at radius 2 is 1.62 bits per heavy atom. The van der Waals surface area contributed by atoms with Gasteiger partial charge >= 0.3 is 0 Å². The number of carbonyl (C=O) groups excluding carboxylic acids is 2. The van der Waals surface area contributed by atoms with Crippen molar-refractivity contribution >= 4 is 39.1 Å². The Balaban J connectivity index is 2.01. The van der Waals surface area contributed by atoms with Gasteiger partial charge < -0.3 is 10.6 Å². The molecule has 0 bridgehead atoms. The van der Waals surface area contributed by atoms with Gasteiger partial charge in [-0.3, -0.25) is 9.59 Å². The summed E-state index contributed by atoms with van der Waals surface area (Å²) in [5.74, 6) is -0.151. The molecule has 5 heteroatoms. The van der Waals surface area contributed by atoms with E-state index in [4.69, 9.17) is 0 Å². The number of anilines is 2. The van der Waals surface area contributed by atoms with Crippen LogP contribution in [0.3, 0.4) is 0 Å². The lowest BCUT2D eigenvalue weighted by Gasteiger charge is -2.13. The smallest absolute Gasteiger partial charge is 0.255 e. The van der Waals surface area contributed by atoms with Gasteiger partial charge in [-0.15, -0.1) is 0 Å². The van der Waals surface area contributed by atoms with Crippen LogP contribution >= 0.6 is 15.9 Å². The van der Waals surface area contributed by atoms with Crippen LogP contribution in [0.4, 0.5) is 11.4 Å². The van der Waals surface area contributed by atoms with Gasteiger partial charge in [-0.05, 0) is 55.3 Å². The molecule has 2 rings (SSSR count). The minimum absolute atomic E-state index is 0.0181. The van der Waals surface area contributed by atoms with Crippen molar-refractivity contribution < 1.29 is 9.59 Å².